The van der Waals surface area contributed by atoms with E-state index in [1.807, 2.05) is 19.1 Å². The van der Waals surface area contributed by atoms with Crippen LogP contribution in [0, 0.1) is 6.92 Å². The maximum absolute atomic E-state index is 12.3. The first-order chi connectivity index (χ1) is 9.92. The molecule has 0 saturated heterocycles. The number of anilines is 1. The smallest absolute Gasteiger partial charge is 0.261 e. The summed E-state index contributed by atoms with van der Waals surface area (Å²) in [5.41, 5.74) is 2.67. The molecule has 0 heterocycles. The highest BCUT2D eigenvalue weighted by Crippen LogP contribution is 2.22. The van der Waals surface area contributed by atoms with Gasteiger partial charge in [-0.2, -0.15) is 0 Å². The van der Waals surface area contributed by atoms with Crippen molar-refractivity contribution in [2.24, 2.45) is 0 Å². The zero-order valence-corrected chi connectivity index (χ0v) is 14.5. The summed E-state index contributed by atoms with van der Waals surface area (Å²) in [5, 5.41) is 0. The van der Waals surface area contributed by atoms with E-state index in [9.17, 15) is 8.42 Å². The summed E-state index contributed by atoms with van der Waals surface area (Å²) in [6, 6.07) is 12.5. The van der Waals surface area contributed by atoms with Crippen LogP contribution in [-0.2, 0) is 16.4 Å². The first-order valence-corrected chi connectivity index (χ1v) is 9.08. The molecule has 0 aliphatic carbocycles. The van der Waals surface area contributed by atoms with Crippen LogP contribution >= 0.6 is 15.9 Å². The predicted molar refractivity (Wildman–Crippen MR) is 90.1 cm³/mol. The van der Waals surface area contributed by atoms with Crippen LogP contribution in [0.4, 0.5) is 5.69 Å². The number of nitrogens with one attached hydrogen (secondary N) is 1. The number of benzene rings is 2. The Morgan fingerprint density at radius 2 is 1.76 bits per heavy atom. The van der Waals surface area contributed by atoms with Gasteiger partial charge in [-0.25, -0.2) is 8.42 Å². The minimum Gasteiger partial charge on any atom is -0.280 e. The Labute approximate surface area is 134 Å². The molecular weight excluding hydrogens is 350 g/mol. The van der Waals surface area contributed by atoms with Gasteiger partial charge in [-0.1, -0.05) is 41.4 Å². The molecule has 5 heteroatoms. The molecule has 2 rings (SSSR count). The highest BCUT2D eigenvalue weighted by molar-refractivity contribution is 9.10. The van der Waals surface area contributed by atoms with Crippen molar-refractivity contribution >= 4 is 31.6 Å². The second kappa shape index (κ2) is 6.62. The van der Waals surface area contributed by atoms with Crippen molar-refractivity contribution in [3.05, 3.63) is 58.1 Å². The van der Waals surface area contributed by atoms with Crippen LogP contribution in [0.5, 0.6) is 0 Å². The molecule has 0 bridgehead atoms. The Morgan fingerprint density at radius 1 is 1.10 bits per heavy atom. The molecule has 0 amide bonds. The van der Waals surface area contributed by atoms with E-state index in [2.05, 4.69) is 27.6 Å². The number of aryl methyl sites for hydroxylation is 2. The maximum atomic E-state index is 12.3. The van der Waals surface area contributed by atoms with Gasteiger partial charge in [-0.15, -0.1) is 0 Å². The number of rotatable bonds is 5. The fraction of sp³-hybridized carbons (Fsp3) is 0.250. The van der Waals surface area contributed by atoms with Crippen LogP contribution in [0.25, 0.3) is 0 Å². The van der Waals surface area contributed by atoms with Gasteiger partial charge in [0.15, 0.2) is 0 Å². The summed E-state index contributed by atoms with van der Waals surface area (Å²) in [7, 11) is -3.55. The summed E-state index contributed by atoms with van der Waals surface area (Å²) in [4.78, 5) is 0.265. The molecule has 21 heavy (non-hydrogen) atoms. The molecular formula is C16H18BrNO2S. The lowest BCUT2D eigenvalue weighted by Gasteiger charge is -2.10. The Hall–Kier alpha value is -1.33. The predicted octanol–water partition coefficient (Wildman–Crippen LogP) is 4.51. The molecule has 0 unspecified atom stereocenters. The fourth-order valence-corrected chi connectivity index (χ4v) is 3.42. The molecule has 0 fully saturated rings. The van der Waals surface area contributed by atoms with Gasteiger partial charge in [0.25, 0.3) is 10.0 Å². The van der Waals surface area contributed by atoms with E-state index in [4.69, 9.17) is 0 Å². The molecule has 1 N–H and O–H groups in total. The Kier molecular flexibility index (Phi) is 5.06. The van der Waals surface area contributed by atoms with Gasteiger partial charge in [0.1, 0.15) is 0 Å². The molecule has 3 nitrogen and oxygen atoms in total. The largest absolute Gasteiger partial charge is 0.280 e. The summed E-state index contributed by atoms with van der Waals surface area (Å²) < 4.78 is 28.2. The van der Waals surface area contributed by atoms with Crippen LogP contribution in [0.1, 0.15) is 24.5 Å². The highest BCUT2D eigenvalue weighted by Gasteiger charge is 2.14. The number of hydrogen-bond donors (Lipinski definition) is 1. The molecule has 2 aromatic rings. The van der Waals surface area contributed by atoms with Crippen LogP contribution in [-0.4, -0.2) is 8.42 Å². The standard InChI is InChI=1S/C16H18BrNO2S/c1-3-4-13-5-7-14(8-6-13)18-21(19,20)15-9-10-16(17)12(2)11-15/h5-11,18H,3-4H2,1-2H3. The second-order valence-corrected chi connectivity index (χ2v) is 7.50. The van der Waals surface area contributed by atoms with Crippen molar-refractivity contribution in [3.63, 3.8) is 0 Å². The molecule has 112 valence electrons. The van der Waals surface area contributed by atoms with Gasteiger partial charge in [0.2, 0.25) is 0 Å². The van der Waals surface area contributed by atoms with Crippen LogP contribution in [0.3, 0.4) is 0 Å². The van der Waals surface area contributed by atoms with Gasteiger partial charge in [-0.3, -0.25) is 4.72 Å². The Bertz CT molecular complexity index is 724. The lowest BCUT2D eigenvalue weighted by Crippen LogP contribution is -2.13. The average molecular weight is 368 g/mol. The Balaban J connectivity index is 2.22. The van der Waals surface area contributed by atoms with Crippen LogP contribution in [0.2, 0.25) is 0 Å². The molecule has 0 atom stereocenters. The SMILES string of the molecule is CCCc1ccc(NS(=O)(=O)c2ccc(Br)c(C)c2)cc1. The normalized spacial score (nSPS) is 11.4. The number of sulfonamides is 1. The molecule has 2 aromatic carbocycles. The molecule has 0 aliphatic rings. The van der Waals surface area contributed by atoms with E-state index < -0.39 is 10.0 Å². The third-order valence-electron chi connectivity index (χ3n) is 3.18. The Morgan fingerprint density at radius 3 is 2.33 bits per heavy atom. The van der Waals surface area contributed by atoms with E-state index in [1.165, 1.54) is 5.56 Å². The monoisotopic (exact) mass is 367 g/mol. The van der Waals surface area contributed by atoms with E-state index in [1.54, 1.807) is 30.3 Å². The second-order valence-electron chi connectivity index (χ2n) is 4.96. The zero-order valence-electron chi connectivity index (χ0n) is 12.1. The maximum Gasteiger partial charge on any atom is 0.261 e. The summed E-state index contributed by atoms with van der Waals surface area (Å²) in [5.74, 6) is 0. The average Bonchev–Trinajstić information content (AvgIpc) is 2.44. The first kappa shape index (κ1) is 16.0. The van der Waals surface area contributed by atoms with Crippen LogP contribution < -0.4 is 4.72 Å². The summed E-state index contributed by atoms with van der Waals surface area (Å²) >= 11 is 3.37. The van der Waals surface area contributed by atoms with Crippen molar-refractivity contribution in [3.8, 4) is 0 Å². The topological polar surface area (TPSA) is 46.2 Å². The van der Waals surface area contributed by atoms with E-state index in [-0.39, 0.29) is 4.90 Å². The highest BCUT2D eigenvalue weighted by atomic mass is 79.9. The minimum absolute atomic E-state index is 0.265. The summed E-state index contributed by atoms with van der Waals surface area (Å²) in [6.45, 7) is 3.98. The molecule has 0 spiro atoms. The van der Waals surface area contributed by atoms with E-state index >= 15 is 0 Å². The minimum atomic E-state index is -3.55. The van der Waals surface area contributed by atoms with E-state index in [0.29, 0.717) is 5.69 Å². The van der Waals surface area contributed by atoms with Gasteiger partial charge in [-0.05, 0) is 54.8 Å². The van der Waals surface area contributed by atoms with Crippen molar-refractivity contribution in [2.45, 2.75) is 31.6 Å². The number of hydrogen-bond acceptors (Lipinski definition) is 2. The third-order valence-corrected chi connectivity index (χ3v) is 5.45. The van der Waals surface area contributed by atoms with Gasteiger partial charge in [0.05, 0.1) is 4.90 Å². The molecule has 0 aliphatic heterocycles. The third kappa shape index (κ3) is 4.08. The fourth-order valence-electron chi connectivity index (χ4n) is 2.03. The van der Waals surface area contributed by atoms with Crippen molar-refractivity contribution in [1.29, 1.82) is 0 Å². The summed E-state index contributed by atoms with van der Waals surface area (Å²) in [6.07, 6.45) is 2.07. The molecule has 0 aromatic heterocycles. The van der Waals surface area contributed by atoms with Crippen LogP contribution in [0.15, 0.2) is 51.8 Å². The molecule has 0 saturated carbocycles. The zero-order chi connectivity index (χ0) is 15.5. The van der Waals surface area contributed by atoms with Crippen molar-refractivity contribution in [2.75, 3.05) is 4.72 Å². The van der Waals surface area contributed by atoms with Gasteiger partial charge in [0, 0.05) is 10.2 Å². The van der Waals surface area contributed by atoms with Crippen molar-refractivity contribution in [1.82, 2.24) is 0 Å². The van der Waals surface area contributed by atoms with Crippen molar-refractivity contribution < 1.29 is 8.42 Å². The number of halogens is 1. The van der Waals surface area contributed by atoms with Gasteiger partial charge >= 0.3 is 0 Å². The lowest BCUT2D eigenvalue weighted by molar-refractivity contribution is 0.601. The lowest BCUT2D eigenvalue weighted by atomic mass is 10.1. The quantitative estimate of drug-likeness (QED) is 0.844. The van der Waals surface area contributed by atoms with Gasteiger partial charge < -0.3 is 0 Å². The first-order valence-electron chi connectivity index (χ1n) is 6.80. The molecule has 0 radical (unpaired) electrons. The van der Waals surface area contributed by atoms with E-state index in [0.717, 1.165) is 22.9 Å².